The molecule has 0 atom stereocenters. The molecule has 1 aliphatic rings. The van der Waals surface area contributed by atoms with Gasteiger partial charge in [-0.3, -0.25) is 0 Å². The van der Waals surface area contributed by atoms with Gasteiger partial charge in [0.25, 0.3) is 0 Å². The molecule has 0 bridgehead atoms. The predicted octanol–water partition coefficient (Wildman–Crippen LogP) is 3.77. The molecule has 0 aliphatic carbocycles. The molecule has 0 unspecified atom stereocenters. The van der Waals surface area contributed by atoms with Crippen LogP contribution in [0.3, 0.4) is 0 Å². The van der Waals surface area contributed by atoms with Crippen LogP contribution in [0.25, 0.3) is 16.6 Å². The summed E-state index contributed by atoms with van der Waals surface area (Å²) in [6.07, 6.45) is 0. The lowest BCUT2D eigenvalue weighted by Crippen LogP contribution is -2.47. The normalized spacial score (nSPS) is 14.3. The third-order valence-corrected chi connectivity index (χ3v) is 5.88. The standard InChI is InChI=1S/C24H26N6O/c1-17-16-18(2)30(27-17)24-22-7-5-4-6-21(22)23(25-26-24)29-14-12-28(13-15-29)19-8-10-20(31-3)11-9-19/h4-11,16H,12-15H2,1-3H3. The highest BCUT2D eigenvalue weighted by atomic mass is 16.5. The minimum Gasteiger partial charge on any atom is -0.497 e. The molecule has 7 nitrogen and oxygen atoms in total. The van der Waals surface area contributed by atoms with Crippen molar-refractivity contribution in [1.82, 2.24) is 20.0 Å². The number of nitrogens with zero attached hydrogens (tertiary/aromatic N) is 6. The minimum absolute atomic E-state index is 0.779. The van der Waals surface area contributed by atoms with Crippen LogP contribution < -0.4 is 14.5 Å². The van der Waals surface area contributed by atoms with Crippen LogP contribution in [0.4, 0.5) is 11.5 Å². The van der Waals surface area contributed by atoms with Crippen LogP contribution in [-0.4, -0.2) is 53.3 Å². The fourth-order valence-electron chi connectivity index (χ4n) is 4.28. The first-order valence-corrected chi connectivity index (χ1v) is 10.6. The van der Waals surface area contributed by atoms with E-state index in [1.165, 1.54) is 5.69 Å². The predicted molar refractivity (Wildman–Crippen MR) is 124 cm³/mol. The Morgan fingerprint density at radius 2 is 1.39 bits per heavy atom. The summed E-state index contributed by atoms with van der Waals surface area (Å²) in [5.74, 6) is 2.60. The monoisotopic (exact) mass is 414 g/mol. The molecule has 1 fully saturated rings. The van der Waals surface area contributed by atoms with E-state index in [9.17, 15) is 0 Å². The van der Waals surface area contributed by atoms with E-state index < -0.39 is 0 Å². The quantitative estimate of drug-likeness (QED) is 0.507. The molecular weight excluding hydrogens is 388 g/mol. The molecule has 1 saturated heterocycles. The van der Waals surface area contributed by atoms with E-state index in [1.807, 2.05) is 36.7 Å². The summed E-state index contributed by atoms with van der Waals surface area (Å²) in [7, 11) is 1.69. The van der Waals surface area contributed by atoms with Crippen molar-refractivity contribution in [2.24, 2.45) is 0 Å². The highest BCUT2D eigenvalue weighted by Crippen LogP contribution is 2.29. The second-order valence-corrected chi connectivity index (χ2v) is 7.90. The molecule has 7 heteroatoms. The average Bonchev–Trinajstić information content (AvgIpc) is 3.16. The number of methoxy groups -OCH3 is 1. The first-order chi connectivity index (χ1) is 15.1. The van der Waals surface area contributed by atoms with Gasteiger partial charge in [0.05, 0.1) is 12.8 Å². The van der Waals surface area contributed by atoms with Crippen molar-refractivity contribution in [3.8, 4) is 11.6 Å². The summed E-state index contributed by atoms with van der Waals surface area (Å²) in [5, 5.41) is 16.1. The first kappa shape index (κ1) is 19.4. The molecule has 0 spiro atoms. The zero-order valence-corrected chi connectivity index (χ0v) is 18.1. The summed E-state index contributed by atoms with van der Waals surface area (Å²) in [6, 6.07) is 18.7. The lowest BCUT2D eigenvalue weighted by atomic mass is 10.1. The van der Waals surface area contributed by atoms with E-state index in [-0.39, 0.29) is 0 Å². The van der Waals surface area contributed by atoms with E-state index >= 15 is 0 Å². The van der Waals surface area contributed by atoms with Crippen LogP contribution in [0.2, 0.25) is 0 Å². The maximum absolute atomic E-state index is 5.27. The van der Waals surface area contributed by atoms with Gasteiger partial charge in [-0.25, -0.2) is 4.68 Å². The van der Waals surface area contributed by atoms with E-state index in [4.69, 9.17) is 4.74 Å². The second-order valence-electron chi connectivity index (χ2n) is 7.90. The van der Waals surface area contributed by atoms with Crippen molar-refractivity contribution in [2.75, 3.05) is 43.1 Å². The third kappa shape index (κ3) is 3.56. The van der Waals surface area contributed by atoms with Gasteiger partial charge in [-0.05, 0) is 44.2 Å². The van der Waals surface area contributed by atoms with Gasteiger partial charge in [-0.2, -0.15) is 5.10 Å². The smallest absolute Gasteiger partial charge is 0.183 e. The number of ether oxygens (including phenoxy) is 1. The number of hydrogen-bond donors (Lipinski definition) is 0. The molecule has 2 aromatic carbocycles. The molecule has 3 heterocycles. The summed E-state index contributed by atoms with van der Waals surface area (Å²) < 4.78 is 7.16. The lowest BCUT2D eigenvalue weighted by Gasteiger charge is -2.37. The molecule has 2 aromatic heterocycles. The van der Waals surface area contributed by atoms with E-state index in [0.717, 1.165) is 65.7 Å². The van der Waals surface area contributed by atoms with Gasteiger partial charge in [0.15, 0.2) is 11.6 Å². The van der Waals surface area contributed by atoms with Crippen molar-refractivity contribution in [1.29, 1.82) is 0 Å². The van der Waals surface area contributed by atoms with E-state index in [1.54, 1.807) is 7.11 Å². The zero-order valence-electron chi connectivity index (χ0n) is 18.1. The maximum Gasteiger partial charge on any atom is 0.183 e. The molecule has 0 N–H and O–H groups in total. The van der Waals surface area contributed by atoms with Crippen LogP contribution in [-0.2, 0) is 0 Å². The molecule has 1 aliphatic heterocycles. The Kier molecular flexibility index (Phi) is 4.94. The van der Waals surface area contributed by atoms with Crippen LogP contribution in [0.15, 0.2) is 54.6 Å². The molecule has 0 saturated carbocycles. The summed E-state index contributed by atoms with van der Waals surface area (Å²) in [6.45, 7) is 7.69. The second kappa shape index (κ2) is 7.91. The van der Waals surface area contributed by atoms with E-state index in [2.05, 4.69) is 61.5 Å². The number of hydrogen-bond acceptors (Lipinski definition) is 6. The van der Waals surface area contributed by atoms with Crippen molar-refractivity contribution in [3.05, 3.63) is 66.0 Å². The molecule has 5 rings (SSSR count). The van der Waals surface area contributed by atoms with Crippen LogP contribution in [0, 0.1) is 13.8 Å². The van der Waals surface area contributed by atoms with Crippen molar-refractivity contribution >= 4 is 22.3 Å². The number of aryl methyl sites for hydroxylation is 2. The first-order valence-electron chi connectivity index (χ1n) is 10.6. The van der Waals surface area contributed by atoms with Crippen LogP contribution in [0.1, 0.15) is 11.4 Å². The Hall–Kier alpha value is -3.61. The summed E-state index contributed by atoms with van der Waals surface area (Å²) in [5.41, 5.74) is 3.25. The number of aromatic nitrogens is 4. The van der Waals surface area contributed by atoms with Crippen LogP contribution in [0.5, 0.6) is 5.75 Å². The van der Waals surface area contributed by atoms with Gasteiger partial charge < -0.3 is 14.5 Å². The largest absolute Gasteiger partial charge is 0.497 e. The van der Waals surface area contributed by atoms with Crippen molar-refractivity contribution in [2.45, 2.75) is 13.8 Å². The topological polar surface area (TPSA) is 59.3 Å². The average molecular weight is 415 g/mol. The van der Waals surface area contributed by atoms with Crippen molar-refractivity contribution < 1.29 is 4.74 Å². The SMILES string of the molecule is COc1ccc(N2CCN(c3nnc(-n4nc(C)cc4C)c4ccccc34)CC2)cc1. The highest BCUT2D eigenvalue weighted by molar-refractivity contribution is 5.96. The Bertz CT molecular complexity index is 1210. The number of rotatable bonds is 4. The van der Waals surface area contributed by atoms with Gasteiger partial charge in [0.1, 0.15) is 5.75 Å². The lowest BCUT2D eigenvalue weighted by molar-refractivity contribution is 0.415. The Morgan fingerprint density at radius 3 is 2.00 bits per heavy atom. The Morgan fingerprint density at radius 1 is 0.774 bits per heavy atom. The van der Waals surface area contributed by atoms with Gasteiger partial charge in [-0.1, -0.05) is 24.3 Å². The van der Waals surface area contributed by atoms with Crippen LogP contribution >= 0.6 is 0 Å². The van der Waals surface area contributed by atoms with Gasteiger partial charge in [-0.15, -0.1) is 10.2 Å². The van der Waals surface area contributed by atoms with Gasteiger partial charge in [0, 0.05) is 48.3 Å². The molecule has 158 valence electrons. The summed E-state index contributed by atoms with van der Waals surface area (Å²) in [4.78, 5) is 4.73. The maximum atomic E-state index is 5.27. The molecule has 4 aromatic rings. The fourth-order valence-corrected chi connectivity index (χ4v) is 4.28. The summed E-state index contributed by atoms with van der Waals surface area (Å²) >= 11 is 0. The zero-order chi connectivity index (χ0) is 21.4. The molecule has 0 radical (unpaired) electrons. The van der Waals surface area contributed by atoms with E-state index in [0.29, 0.717) is 0 Å². The number of anilines is 2. The van der Waals surface area contributed by atoms with Gasteiger partial charge in [0.2, 0.25) is 0 Å². The Balaban J connectivity index is 1.42. The highest BCUT2D eigenvalue weighted by Gasteiger charge is 2.22. The molecular formula is C24H26N6O. The number of fused-ring (bicyclic) bond motifs is 1. The fraction of sp³-hybridized carbons (Fsp3) is 0.292. The third-order valence-electron chi connectivity index (χ3n) is 5.88. The molecule has 0 amide bonds. The Labute approximate surface area is 181 Å². The van der Waals surface area contributed by atoms with Crippen molar-refractivity contribution in [3.63, 3.8) is 0 Å². The van der Waals surface area contributed by atoms with Gasteiger partial charge >= 0.3 is 0 Å². The number of benzene rings is 2. The minimum atomic E-state index is 0.779. The number of piperazine rings is 1. The molecule has 31 heavy (non-hydrogen) atoms.